The van der Waals surface area contributed by atoms with Gasteiger partial charge in [0, 0.05) is 31.2 Å². The zero-order valence-electron chi connectivity index (χ0n) is 11.9. The first-order valence-corrected chi connectivity index (χ1v) is 6.85. The van der Waals surface area contributed by atoms with E-state index in [0.717, 1.165) is 24.5 Å². The Hall–Kier alpha value is -1.85. The number of para-hydroxylation sites is 1. The van der Waals surface area contributed by atoms with Gasteiger partial charge in [0.1, 0.15) is 0 Å². The highest BCUT2D eigenvalue weighted by Gasteiger charge is 2.19. The number of nitrogens with zero attached hydrogens (tertiary/aromatic N) is 2. The molecule has 0 bridgehead atoms. The monoisotopic (exact) mass is 306 g/mol. The van der Waals surface area contributed by atoms with Crippen molar-refractivity contribution in [1.29, 1.82) is 0 Å². The van der Waals surface area contributed by atoms with Crippen LogP contribution in [0.5, 0.6) is 0 Å². The largest absolute Gasteiger partial charge is 0.350 e. The highest BCUT2D eigenvalue weighted by atomic mass is 35.5. The molecule has 2 heterocycles. The van der Waals surface area contributed by atoms with Crippen molar-refractivity contribution >= 4 is 18.3 Å². The summed E-state index contributed by atoms with van der Waals surface area (Å²) in [6.45, 7) is 4.63. The van der Waals surface area contributed by atoms with Crippen molar-refractivity contribution in [2.75, 3.05) is 19.6 Å². The number of nitrogens with one attached hydrogen (secondary N) is 2. The van der Waals surface area contributed by atoms with E-state index in [1.165, 1.54) is 0 Å². The normalized spacial score (nSPS) is 14.1. The second-order valence-corrected chi connectivity index (χ2v) is 5.15. The van der Waals surface area contributed by atoms with Crippen LogP contribution in [-0.2, 0) is 0 Å². The summed E-state index contributed by atoms with van der Waals surface area (Å²) in [6, 6.07) is 11.6. The summed E-state index contributed by atoms with van der Waals surface area (Å²) in [6.07, 6.45) is 0. The zero-order chi connectivity index (χ0) is 13.9. The number of hydrogen-bond donors (Lipinski definition) is 2. The third-order valence-electron chi connectivity index (χ3n) is 3.54. The minimum Gasteiger partial charge on any atom is -0.350 e. The van der Waals surface area contributed by atoms with Crippen molar-refractivity contribution in [1.82, 2.24) is 20.4 Å². The molecule has 0 radical (unpaired) electrons. The predicted molar refractivity (Wildman–Crippen MR) is 84.2 cm³/mol. The molecule has 1 aromatic heterocycles. The summed E-state index contributed by atoms with van der Waals surface area (Å²) in [5, 5.41) is 10.5. The molecule has 0 aliphatic carbocycles. The van der Waals surface area contributed by atoms with Gasteiger partial charge < -0.3 is 10.6 Å². The van der Waals surface area contributed by atoms with Crippen molar-refractivity contribution < 1.29 is 4.79 Å². The zero-order valence-corrected chi connectivity index (χ0v) is 12.7. The number of aromatic nitrogens is 2. The SMILES string of the molecule is Cc1cc(C(=O)NCC2CNC2)nn1-c1ccccc1.Cl. The molecule has 1 aliphatic heterocycles. The van der Waals surface area contributed by atoms with Crippen LogP contribution in [0.15, 0.2) is 36.4 Å². The first-order chi connectivity index (χ1) is 9.74. The van der Waals surface area contributed by atoms with E-state index in [2.05, 4.69) is 15.7 Å². The Bertz CT molecular complexity index is 607. The number of aryl methyl sites for hydroxylation is 1. The summed E-state index contributed by atoms with van der Waals surface area (Å²) < 4.78 is 1.79. The van der Waals surface area contributed by atoms with Crippen LogP contribution >= 0.6 is 12.4 Å². The smallest absolute Gasteiger partial charge is 0.271 e. The van der Waals surface area contributed by atoms with Crippen molar-refractivity contribution in [2.45, 2.75) is 6.92 Å². The lowest BCUT2D eigenvalue weighted by Crippen LogP contribution is -2.48. The third-order valence-corrected chi connectivity index (χ3v) is 3.54. The molecule has 0 spiro atoms. The summed E-state index contributed by atoms with van der Waals surface area (Å²) >= 11 is 0. The van der Waals surface area contributed by atoms with E-state index in [1.54, 1.807) is 4.68 Å². The van der Waals surface area contributed by atoms with E-state index in [-0.39, 0.29) is 18.3 Å². The molecule has 6 heteroatoms. The van der Waals surface area contributed by atoms with Gasteiger partial charge in [-0.25, -0.2) is 4.68 Å². The maximum atomic E-state index is 12.1. The minimum atomic E-state index is -0.102. The highest BCUT2D eigenvalue weighted by molar-refractivity contribution is 5.92. The molecule has 2 aromatic rings. The molecule has 2 N–H and O–H groups in total. The maximum Gasteiger partial charge on any atom is 0.271 e. The van der Waals surface area contributed by atoms with Gasteiger partial charge in [-0.1, -0.05) is 18.2 Å². The summed E-state index contributed by atoms with van der Waals surface area (Å²) in [5.74, 6) is 0.450. The Balaban J connectivity index is 0.00000161. The van der Waals surface area contributed by atoms with E-state index >= 15 is 0 Å². The molecule has 21 heavy (non-hydrogen) atoms. The predicted octanol–water partition coefficient (Wildman–Crippen LogP) is 1.55. The molecule has 0 unspecified atom stereocenters. The number of halogens is 1. The molecular formula is C15H19ClN4O. The molecule has 0 saturated carbocycles. The average Bonchev–Trinajstić information content (AvgIpc) is 2.80. The fourth-order valence-corrected chi connectivity index (χ4v) is 2.24. The topological polar surface area (TPSA) is 59.0 Å². The number of hydrogen-bond acceptors (Lipinski definition) is 3. The van der Waals surface area contributed by atoms with E-state index in [9.17, 15) is 4.79 Å². The van der Waals surface area contributed by atoms with Crippen LogP contribution < -0.4 is 10.6 Å². The average molecular weight is 307 g/mol. The quantitative estimate of drug-likeness (QED) is 0.901. The standard InChI is InChI=1S/C15H18N4O.ClH/c1-11-7-14(15(20)17-10-12-8-16-9-12)18-19(11)13-5-3-2-4-6-13;/h2-7,12,16H,8-10H2,1H3,(H,17,20);1H. The number of benzene rings is 1. The summed E-state index contributed by atoms with van der Waals surface area (Å²) in [7, 11) is 0. The Kier molecular flexibility index (Phi) is 4.98. The van der Waals surface area contributed by atoms with Gasteiger partial charge in [-0.3, -0.25) is 4.79 Å². The van der Waals surface area contributed by atoms with Gasteiger partial charge in [-0.05, 0) is 25.1 Å². The summed E-state index contributed by atoms with van der Waals surface area (Å²) in [4.78, 5) is 12.1. The van der Waals surface area contributed by atoms with Gasteiger partial charge in [-0.2, -0.15) is 5.10 Å². The third kappa shape index (κ3) is 3.43. The van der Waals surface area contributed by atoms with Crippen molar-refractivity contribution in [3.05, 3.63) is 47.8 Å². The maximum absolute atomic E-state index is 12.1. The molecule has 1 aliphatic rings. The van der Waals surface area contributed by atoms with Crippen LogP contribution in [0.4, 0.5) is 0 Å². The highest BCUT2D eigenvalue weighted by Crippen LogP contribution is 2.11. The number of carbonyl (C=O) groups is 1. The van der Waals surface area contributed by atoms with Gasteiger partial charge in [-0.15, -0.1) is 12.4 Å². The number of carbonyl (C=O) groups excluding carboxylic acids is 1. The lowest BCUT2D eigenvalue weighted by molar-refractivity contribution is 0.0937. The molecule has 0 atom stereocenters. The van der Waals surface area contributed by atoms with Gasteiger partial charge >= 0.3 is 0 Å². The molecule has 1 aromatic carbocycles. The van der Waals surface area contributed by atoms with Crippen molar-refractivity contribution in [2.24, 2.45) is 5.92 Å². The van der Waals surface area contributed by atoms with E-state index < -0.39 is 0 Å². The van der Waals surface area contributed by atoms with Crippen molar-refractivity contribution in [3.63, 3.8) is 0 Å². The molecule has 1 saturated heterocycles. The molecule has 1 amide bonds. The van der Waals surface area contributed by atoms with E-state index in [4.69, 9.17) is 0 Å². The Morgan fingerprint density at radius 2 is 2.10 bits per heavy atom. The van der Waals surface area contributed by atoms with Crippen LogP contribution in [0, 0.1) is 12.8 Å². The van der Waals surface area contributed by atoms with Gasteiger partial charge in [0.25, 0.3) is 5.91 Å². The molecular weight excluding hydrogens is 288 g/mol. The summed E-state index contributed by atoms with van der Waals surface area (Å²) in [5.41, 5.74) is 2.39. The fraction of sp³-hybridized carbons (Fsp3) is 0.333. The second-order valence-electron chi connectivity index (χ2n) is 5.15. The molecule has 1 fully saturated rings. The van der Waals surface area contributed by atoms with Crippen LogP contribution in [-0.4, -0.2) is 35.3 Å². The Labute approximate surface area is 130 Å². The van der Waals surface area contributed by atoms with E-state index in [0.29, 0.717) is 18.2 Å². The Morgan fingerprint density at radius 1 is 1.38 bits per heavy atom. The number of amides is 1. The fourth-order valence-electron chi connectivity index (χ4n) is 2.24. The Morgan fingerprint density at radius 3 is 2.71 bits per heavy atom. The minimum absolute atomic E-state index is 0. The van der Waals surface area contributed by atoms with Crippen LogP contribution in [0.2, 0.25) is 0 Å². The molecule has 3 rings (SSSR count). The lowest BCUT2D eigenvalue weighted by atomic mass is 10.0. The van der Waals surface area contributed by atoms with Crippen LogP contribution in [0.3, 0.4) is 0 Å². The first kappa shape index (κ1) is 15.5. The van der Waals surface area contributed by atoms with Crippen LogP contribution in [0.25, 0.3) is 5.69 Å². The van der Waals surface area contributed by atoms with Gasteiger partial charge in [0.2, 0.25) is 0 Å². The molecule has 112 valence electrons. The van der Waals surface area contributed by atoms with Gasteiger partial charge in [0.05, 0.1) is 5.69 Å². The van der Waals surface area contributed by atoms with Crippen LogP contribution in [0.1, 0.15) is 16.2 Å². The first-order valence-electron chi connectivity index (χ1n) is 6.85. The number of rotatable bonds is 4. The molecule has 5 nitrogen and oxygen atoms in total. The lowest BCUT2D eigenvalue weighted by Gasteiger charge is -2.26. The van der Waals surface area contributed by atoms with E-state index in [1.807, 2.05) is 43.3 Å². The van der Waals surface area contributed by atoms with Crippen molar-refractivity contribution in [3.8, 4) is 5.69 Å². The second kappa shape index (κ2) is 6.74. The van der Waals surface area contributed by atoms with Gasteiger partial charge in [0.15, 0.2) is 5.69 Å².